The van der Waals surface area contributed by atoms with E-state index in [1.54, 1.807) is 0 Å². The van der Waals surface area contributed by atoms with Crippen LogP contribution in [0.5, 0.6) is 0 Å². The zero-order chi connectivity index (χ0) is 17.1. The van der Waals surface area contributed by atoms with Gasteiger partial charge in [-0.05, 0) is 23.8 Å². The third kappa shape index (κ3) is 3.93. The van der Waals surface area contributed by atoms with Crippen molar-refractivity contribution in [3.8, 4) is 0 Å². The van der Waals surface area contributed by atoms with Crippen LogP contribution in [0.3, 0.4) is 0 Å². The SMILES string of the molecule is CC(C)CC(=O)N(C[C@@H]1C[C@H](S)CN1)c1cccc2ccccc12. The van der Waals surface area contributed by atoms with E-state index < -0.39 is 0 Å². The molecule has 1 aliphatic rings. The Morgan fingerprint density at radius 1 is 1.25 bits per heavy atom. The molecule has 0 unspecified atom stereocenters. The highest BCUT2D eigenvalue weighted by Crippen LogP contribution is 2.29. The highest BCUT2D eigenvalue weighted by atomic mass is 32.1. The van der Waals surface area contributed by atoms with Crippen molar-refractivity contribution < 1.29 is 4.79 Å². The molecule has 1 heterocycles. The number of nitrogens with zero attached hydrogens (tertiary/aromatic N) is 1. The molecular formula is C20H26N2OS. The Kier molecular flexibility index (Phi) is 5.47. The number of hydrogen-bond donors (Lipinski definition) is 2. The van der Waals surface area contributed by atoms with Crippen LogP contribution in [0.4, 0.5) is 5.69 Å². The van der Waals surface area contributed by atoms with Crippen molar-refractivity contribution in [2.24, 2.45) is 5.92 Å². The summed E-state index contributed by atoms with van der Waals surface area (Å²) in [6.45, 7) is 5.81. The summed E-state index contributed by atoms with van der Waals surface area (Å²) in [5.74, 6) is 0.551. The van der Waals surface area contributed by atoms with Gasteiger partial charge in [0, 0.05) is 36.2 Å². The number of rotatable bonds is 5. The van der Waals surface area contributed by atoms with Gasteiger partial charge in [-0.2, -0.15) is 12.6 Å². The van der Waals surface area contributed by atoms with Crippen molar-refractivity contribution in [2.45, 2.75) is 38.0 Å². The summed E-state index contributed by atoms with van der Waals surface area (Å²) in [6.07, 6.45) is 1.57. The third-order valence-corrected chi connectivity index (χ3v) is 4.94. The molecule has 0 bridgehead atoms. The van der Waals surface area contributed by atoms with Gasteiger partial charge in [0.15, 0.2) is 0 Å². The second-order valence-electron chi connectivity index (χ2n) is 7.10. The predicted octanol–water partition coefficient (Wildman–Crippen LogP) is 3.88. The molecular weight excluding hydrogens is 316 g/mol. The van der Waals surface area contributed by atoms with E-state index in [9.17, 15) is 4.79 Å². The number of benzene rings is 2. The van der Waals surface area contributed by atoms with Gasteiger partial charge in [0.2, 0.25) is 5.91 Å². The van der Waals surface area contributed by atoms with Crippen LogP contribution in [0.1, 0.15) is 26.7 Å². The van der Waals surface area contributed by atoms with E-state index in [0.717, 1.165) is 24.0 Å². The van der Waals surface area contributed by atoms with E-state index in [4.69, 9.17) is 0 Å². The first-order chi connectivity index (χ1) is 11.5. The van der Waals surface area contributed by atoms with E-state index >= 15 is 0 Å². The average molecular weight is 343 g/mol. The van der Waals surface area contributed by atoms with Gasteiger partial charge < -0.3 is 10.2 Å². The van der Waals surface area contributed by atoms with E-state index in [1.807, 2.05) is 23.1 Å². The Bertz CT molecular complexity index is 710. The lowest BCUT2D eigenvalue weighted by Gasteiger charge is -2.28. The fourth-order valence-electron chi connectivity index (χ4n) is 3.39. The number of fused-ring (bicyclic) bond motifs is 1. The summed E-state index contributed by atoms with van der Waals surface area (Å²) in [4.78, 5) is 14.9. The van der Waals surface area contributed by atoms with Gasteiger partial charge in [-0.25, -0.2) is 0 Å². The van der Waals surface area contributed by atoms with Crippen molar-refractivity contribution in [2.75, 3.05) is 18.0 Å². The first-order valence-electron chi connectivity index (χ1n) is 8.74. The molecule has 2 aromatic carbocycles. The number of thiol groups is 1. The minimum Gasteiger partial charge on any atom is -0.311 e. The lowest BCUT2D eigenvalue weighted by Crippen LogP contribution is -2.41. The Balaban J connectivity index is 1.94. The van der Waals surface area contributed by atoms with E-state index in [0.29, 0.717) is 30.2 Å². The van der Waals surface area contributed by atoms with Crippen molar-refractivity contribution in [1.29, 1.82) is 0 Å². The fourth-order valence-corrected chi connectivity index (χ4v) is 3.75. The molecule has 0 saturated carbocycles. The smallest absolute Gasteiger partial charge is 0.227 e. The van der Waals surface area contributed by atoms with E-state index in [1.165, 1.54) is 5.39 Å². The van der Waals surface area contributed by atoms with Crippen LogP contribution in [-0.2, 0) is 4.79 Å². The van der Waals surface area contributed by atoms with Gasteiger partial charge in [-0.1, -0.05) is 50.2 Å². The maximum Gasteiger partial charge on any atom is 0.227 e. The monoisotopic (exact) mass is 342 g/mol. The van der Waals surface area contributed by atoms with Crippen molar-refractivity contribution in [1.82, 2.24) is 5.32 Å². The molecule has 0 aromatic heterocycles. The second-order valence-corrected chi connectivity index (χ2v) is 7.83. The molecule has 24 heavy (non-hydrogen) atoms. The number of amides is 1. The van der Waals surface area contributed by atoms with Crippen LogP contribution < -0.4 is 10.2 Å². The topological polar surface area (TPSA) is 32.3 Å². The number of nitrogens with one attached hydrogen (secondary N) is 1. The van der Waals surface area contributed by atoms with Crippen molar-refractivity contribution in [3.05, 3.63) is 42.5 Å². The Labute approximate surface area is 149 Å². The van der Waals surface area contributed by atoms with Gasteiger partial charge in [0.05, 0.1) is 5.69 Å². The summed E-state index contributed by atoms with van der Waals surface area (Å²) >= 11 is 4.56. The maximum atomic E-state index is 12.9. The Morgan fingerprint density at radius 3 is 2.71 bits per heavy atom. The van der Waals surface area contributed by atoms with E-state index in [2.05, 4.69) is 56.1 Å². The molecule has 1 saturated heterocycles. The summed E-state index contributed by atoms with van der Waals surface area (Å²) in [5, 5.41) is 6.18. The standard InChI is InChI=1S/C20H26N2OS/c1-14(2)10-20(23)22(13-16-11-17(24)12-21-16)19-9-5-7-15-6-3-4-8-18(15)19/h3-9,14,16-17,21,24H,10-13H2,1-2H3/t16-,17-/m0/s1. The molecule has 0 spiro atoms. The fraction of sp³-hybridized carbons (Fsp3) is 0.450. The minimum atomic E-state index is 0.200. The molecule has 1 aliphatic heterocycles. The number of carbonyl (C=O) groups excluding carboxylic acids is 1. The van der Waals surface area contributed by atoms with Crippen LogP contribution in [0.25, 0.3) is 10.8 Å². The van der Waals surface area contributed by atoms with Gasteiger partial charge in [0.1, 0.15) is 0 Å². The van der Waals surface area contributed by atoms with E-state index in [-0.39, 0.29) is 5.91 Å². The third-order valence-electron chi connectivity index (χ3n) is 4.54. The molecule has 1 N–H and O–H groups in total. The van der Waals surface area contributed by atoms with Crippen molar-refractivity contribution in [3.63, 3.8) is 0 Å². The van der Waals surface area contributed by atoms with Crippen LogP contribution in [0, 0.1) is 5.92 Å². The zero-order valence-corrected chi connectivity index (χ0v) is 15.3. The summed E-state index contributed by atoms with van der Waals surface area (Å²) in [6, 6.07) is 14.8. The van der Waals surface area contributed by atoms with Gasteiger partial charge in [0.25, 0.3) is 0 Å². The average Bonchev–Trinajstić information content (AvgIpc) is 2.97. The molecule has 0 aliphatic carbocycles. The largest absolute Gasteiger partial charge is 0.311 e. The summed E-state index contributed by atoms with van der Waals surface area (Å²) in [5.41, 5.74) is 1.02. The lowest BCUT2D eigenvalue weighted by atomic mass is 10.0. The first kappa shape index (κ1) is 17.3. The number of hydrogen-bond acceptors (Lipinski definition) is 3. The summed E-state index contributed by atoms with van der Waals surface area (Å²) in [7, 11) is 0. The molecule has 2 atom stereocenters. The zero-order valence-electron chi connectivity index (χ0n) is 14.4. The molecule has 1 amide bonds. The van der Waals surface area contributed by atoms with Crippen LogP contribution in [0.2, 0.25) is 0 Å². The normalized spacial score (nSPS) is 20.7. The first-order valence-corrected chi connectivity index (χ1v) is 9.26. The molecule has 1 fully saturated rings. The molecule has 3 nitrogen and oxygen atoms in total. The van der Waals surface area contributed by atoms with Crippen LogP contribution in [0.15, 0.2) is 42.5 Å². The Hall–Kier alpha value is -1.52. The molecule has 2 aromatic rings. The molecule has 0 radical (unpaired) electrons. The van der Waals surface area contributed by atoms with Crippen LogP contribution in [-0.4, -0.2) is 30.3 Å². The van der Waals surface area contributed by atoms with Crippen molar-refractivity contribution >= 4 is 35.0 Å². The predicted molar refractivity (Wildman–Crippen MR) is 105 cm³/mol. The van der Waals surface area contributed by atoms with Crippen LogP contribution >= 0.6 is 12.6 Å². The quantitative estimate of drug-likeness (QED) is 0.808. The highest BCUT2D eigenvalue weighted by molar-refractivity contribution is 7.81. The maximum absolute atomic E-state index is 12.9. The highest BCUT2D eigenvalue weighted by Gasteiger charge is 2.27. The molecule has 4 heteroatoms. The van der Waals surface area contributed by atoms with Gasteiger partial charge >= 0.3 is 0 Å². The number of anilines is 1. The second kappa shape index (κ2) is 7.58. The molecule has 128 valence electrons. The van der Waals surface area contributed by atoms with Gasteiger partial charge in [-0.15, -0.1) is 0 Å². The summed E-state index contributed by atoms with van der Waals surface area (Å²) < 4.78 is 0. The Morgan fingerprint density at radius 2 is 2.00 bits per heavy atom. The van der Waals surface area contributed by atoms with Gasteiger partial charge in [-0.3, -0.25) is 4.79 Å². The molecule has 3 rings (SSSR count). The number of carbonyl (C=O) groups is 1. The minimum absolute atomic E-state index is 0.200. The lowest BCUT2D eigenvalue weighted by molar-refractivity contribution is -0.119.